The molecular weight excluding hydrogens is 984 g/mol. The van der Waals surface area contributed by atoms with Crippen LogP contribution in [0.1, 0.15) is 79.8 Å². The number of fused-ring (bicyclic) bond motifs is 16. The molecule has 8 rings (SSSR count). The molecule has 1 saturated heterocycles. The van der Waals surface area contributed by atoms with Crippen LogP contribution in [0.2, 0.25) is 0 Å². The fraction of sp³-hybridized carbons (Fsp3) is 0.471. The number of halogens is 1. The van der Waals surface area contributed by atoms with E-state index in [-0.39, 0.29) is 96.0 Å². The highest BCUT2D eigenvalue weighted by Gasteiger charge is 2.50. The maximum Gasteiger partial charge on any atom is 0.341 e. The zero-order valence-corrected chi connectivity index (χ0v) is 42.7. The Morgan fingerprint density at radius 2 is 1.71 bits per heavy atom. The number of pyridine rings is 2. The van der Waals surface area contributed by atoms with Crippen molar-refractivity contribution in [1.29, 1.82) is 0 Å². The number of hydrazone groups is 1. The molecule has 4 aliphatic rings. The number of amides is 1. The van der Waals surface area contributed by atoms with Gasteiger partial charge >= 0.3 is 11.9 Å². The number of ether oxygens (including phenoxy) is 4. The molecule has 23 nitrogen and oxygen atoms in total. The van der Waals surface area contributed by atoms with Crippen molar-refractivity contribution in [2.24, 2.45) is 28.4 Å². The molecule has 5 bridgehead atoms. The molecule has 0 saturated carbocycles. The molecule has 24 heteroatoms. The number of aromatic carboxylic acids is 1. The first-order valence-corrected chi connectivity index (χ1v) is 24.3. The van der Waals surface area contributed by atoms with Gasteiger partial charge in [0.05, 0.1) is 83.9 Å². The van der Waals surface area contributed by atoms with Crippen LogP contribution in [0.25, 0.3) is 21.8 Å². The highest BCUT2D eigenvalue weighted by molar-refractivity contribution is 6.24. The van der Waals surface area contributed by atoms with Crippen molar-refractivity contribution in [1.82, 2.24) is 14.6 Å². The number of phenolic OH excluding ortho intramolecular Hbond substituents is 3. The predicted octanol–water partition coefficient (Wildman–Crippen LogP) is 2.74. The monoisotopic (exact) mass is 1050 g/mol. The third-order valence-corrected chi connectivity index (χ3v) is 14.2. The third kappa shape index (κ3) is 10.4. The largest absolute Gasteiger partial charge is 0.507 e. The number of piperazine rings is 1. The number of aliphatic hydroxyl groups is 2. The van der Waals surface area contributed by atoms with Gasteiger partial charge in [-0.25, -0.2) is 14.2 Å². The van der Waals surface area contributed by atoms with E-state index < -0.39 is 123 Å². The number of benzene rings is 2. The number of aryl methyl sites for hydroxylation is 1. The summed E-state index contributed by atoms with van der Waals surface area (Å²) in [5.41, 5.74) is 10.6. The summed E-state index contributed by atoms with van der Waals surface area (Å²) in [6.07, 6.45) is 1.66. The lowest BCUT2D eigenvalue weighted by atomic mass is 9.84. The maximum atomic E-state index is 15.7. The van der Waals surface area contributed by atoms with Crippen LogP contribution in [0, 0.1) is 24.6 Å². The molecule has 11 N–H and O–H groups in total. The molecule has 0 radical (unpaired) electrons. The van der Waals surface area contributed by atoms with E-state index in [1.165, 1.54) is 50.7 Å². The number of esters is 1. The smallest absolute Gasteiger partial charge is 0.341 e. The Kier molecular flexibility index (Phi) is 16.2. The molecule has 0 aliphatic carbocycles. The molecule has 6 heterocycles. The topological polar surface area (TPSA) is 344 Å². The number of nitrogens with one attached hydrogen (secondary N) is 1. The lowest BCUT2D eigenvalue weighted by Crippen LogP contribution is -2.60. The first kappa shape index (κ1) is 55.5. The number of carboxylic acids is 1. The number of ketones is 1. The molecular formula is C51H63FN8O15. The summed E-state index contributed by atoms with van der Waals surface area (Å²) >= 11 is 0. The van der Waals surface area contributed by atoms with Gasteiger partial charge in [-0.2, -0.15) is 5.10 Å². The van der Waals surface area contributed by atoms with Gasteiger partial charge in [0.2, 0.25) is 11.2 Å². The summed E-state index contributed by atoms with van der Waals surface area (Å²) in [6.45, 7) is 10.8. The average molecular weight is 1050 g/mol. The quantitative estimate of drug-likeness (QED) is 0.0556. The fourth-order valence-electron chi connectivity index (χ4n) is 9.71. The molecule has 4 aliphatic heterocycles. The summed E-state index contributed by atoms with van der Waals surface area (Å²) in [5.74, 6) is -10.6. The fourth-order valence-corrected chi connectivity index (χ4v) is 9.71. The zero-order valence-electron chi connectivity index (χ0n) is 42.7. The highest BCUT2D eigenvalue weighted by Crippen LogP contribution is 2.55. The number of nitrogens with zero attached hydrogens (tertiary/aromatic N) is 5. The van der Waals surface area contributed by atoms with Crippen LogP contribution in [0.15, 0.2) is 46.0 Å². The predicted molar refractivity (Wildman–Crippen MR) is 272 cm³/mol. The van der Waals surface area contributed by atoms with Crippen molar-refractivity contribution < 1.29 is 73.2 Å². The van der Waals surface area contributed by atoms with E-state index in [0.717, 1.165) is 25.4 Å². The zero-order chi connectivity index (χ0) is 55.1. The lowest BCUT2D eigenvalue weighted by molar-refractivity contribution is -0.159. The summed E-state index contributed by atoms with van der Waals surface area (Å²) in [4.78, 5) is 71.8. The number of hydrogen-bond donors (Lipinski definition) is 9. The van der Waals surface area contributed by atoms with Crippen molar-refractivity contribution in [2.75, 3.05) is 50.1 Å². The van der Waals surface area contributed by atoms with Crippen LogP contribution >= 0.6 is 0 Å². The number of carboxylic acid groups (broad SMARTS) is 1. The van der Waals surface area contributed by atoms with Gasteiger partial charge in [0, 0.05) is 75.1 Å². The summed E-state index contributed by atoms with van der Waals surface area (Å²) in [6, 6.07) is -1.72. The van der Waals surface area contributed by atoms with Crippen molar-refractivity contribution in [2.45, 2.75) is 104 Å². The van der Waals surface area contributed by atoms with Gasteiger partial charge in [-0.1, -0.05) is 32.1 Å². The standard InChI is InChI=1S/C51H63FN8O15/c1-9-58-21-29(50(70)71)40(64)27-19-30(52)48(57-47(27)58)59-14-16-60(17-15-59)55-20-28-37-42(66)33-32(41(28)65)34-44(25(5)39(33)63)75-51(7,46(34)68)73-18-13-31(72-8)24(4)45(74-26(6)61)36(54)43(67)35(53)38(62)22(2)11-10-12-23(3)49(69)56-37/h10-12,19-22,24,31,35-36,38,43,45,62-63,65-67H,9,13-18,53-54H2,1-8H3,(H,56,69)(H,70,71)/b11-10+,23-12-,55-20+/t22-,24+,31-,35+,36+,38-,43+,45+,51-/m0/s1. The Hall–Kier alpha value is -7.22. The van der Waals surface area contributed by atoms with E-state index in [9.17, 15) is 54.6 Å². The number of carbonyl (C=O) groups excluding carboxylic acids is 3. The SMILES string of the molecule is CCn1cc(C(=O)O)c(=O)c2cc(F)c(N3CCN(/N=C/c4c5c(O)c6c(O)c(C)c7c(c6c4O)C(=O)[C@@](C)(OCC[C@H](OC)[C@@H](C)[C@@H](OC(C)=O)[C@H](N)[C@H](O)[C@H](N)[C@@H](O)[C@@H](C)/C=C/C=C(/C)C(=O)N5)O7)CC3)nc21. The van der Waals surface area contributed by atoms with Crippen LogP contribution in [-0.2, 0) is 30.3 Å². The molecule has 75 heavy (non-hydrogen) atoms. The van der Waals surface area contributed by atoms with Gasteiger partial charge in [-0.3, -0.25) is 24.2 Å². The van der Waals surface area contributed by atoms with E-state index in [4.69, 9.17) is 30.4 Å². The summed E-state index contributed by atoms with van der Waals surface area (Å²) in [5, 5.41) is 76.2. The Bertz CT molecular complexity index is 3100. The Balaban J connectivity index is 1.29. The number of carbonyl (C=O) groups is 4. The number of phenols is 3. The number of aliphatic hydroxyl groups excluding tert-OH is 2. The molecule has 1 amide bonds. The maximum absolute atomic E-state index is 15.7. The highest BCUT2D eigenvalue weighted by atomic mass is 19.1. The molecule has 0 unspecified atom stereocenters. The number of methoxy groups -OCH3 is 1. The second-order valence-corrected chi connectivity index (χ2v) is 19.1. The van der Waals surface area contributed by atoms with Crippen molar-refractivity contribution in [3.63, 3.8) is 0 Å². The molecule has 9 atom stereocenters. The van der Waals surface area contributed by atoms with Gasteiger partial charge in [0.1, 0.15) is 34.6 Å². The number of rotatable bonds is 7. The number of Topliss-reactive ketones (excluding diaryl/α,β-unsaturated/α-hetero) is 1. The van der Waals surface area contributed by atoms with E-state index in [2.05, 4.69) is 15.4 Å². The van der Waals surface area contributed by atoms with Gasteiger partial charge in [0.25, 0.3) is 11.7 Å². The van der Waals surface area contributed by atoms with Gasteiger partial charge in [-0.15, -0.1) is 0 Å². The third-order valence-electron chi connectivity index (χ3n) is 14.2. The first-order chi connectivity index (χ1) is 35.4. The normalized spacial score (nSPS) is 27.4. The number of anilines is 2. The number of allylic oxidation sites excluding steroid dienone is 2. The number of hydrogen-bond acceptors (Lipinski definition) is 20. The van der Waals surface area contributed by atoms with Crippen LogP contribution in [-0.4, -0.2) is 157 Å². The first-order valence-electron chi connectivity index (χ1n) is 24.3. The number of aromatic hydroxyl groups is 3. The molecule has 4 aromatic rings. The Morgan fingerprint density at radius 1 is 1.03 bits per heavy atom. The summed E-state index contributed by atoms with van der Waals surface area (Å²) in [7, 11) is 1.39. The minimum Gasteiger partial charge on any atom is -0.507 e. The minimum absolute atomic E-state index is 0.0221. The minimum atomic E-state index is -2.10. The van der Waals surface area contributed by atoms with Crippen LogP contribution in [0.4, 0.5) is 15.9 Å². The summed E-state index contributed by atoms with van der Waals surface area (Å²) < 4.78 is 40.8. The van der Waals surface area contributed by atoms with Gasteiger partial charge < -0.3 is 75.8 Å². The van der Waals surface area contributed by atoms with Gasteiger partial charge in [0.15, 0.2) is 17.4 Å². The van der Waals surface area contributed by atoms with Crippen molar-refractivity contribution >= 4 is 63.2 Å². The van der Waals surface area contributed by atoms with E-state index >= 15 is 4.39 Å². The average Bonchev–Trinajstić information content (AvgIpc) is 3.64. The van der Waals surface area contributed by atoms with E-state index in [1.54, 1.807) is 30.7 Å². The Labute approximate surface area is 429 Å². The van der Waals surface area contributed by atoms with E-state index in [0.29, 0.717) is 0 Å². The molecule has 2 aromatic heterocycles. The molecule has 1 fully saturated rings. The van der Waals surface area contributed by atoms with E-state index in [1.807, 2.05) is 0 Å². The number of aromatic nitrogens is 2. The van der Waals surface area contributed by atoms with Crippen LogP contribution in [0.5, 0.6) is 23.0 Å². The number of nitrogens with two attached hydrogens (primary N) is 2. The van der Waals surface area contributed by atoms with Gasteiger partial charge in [-0.05, 0) is 33.3 Å². The Morgan fingerprint density at radius 3 is 2.33 bits per heavy atom. The second-order valence-electron chi connectivity index (χ2n) is 19.1. The van der Waals surface area contributed by atoms with Crippen LogP contribution in [0.3, 0.4) is 0 Å². The molecule has 0 spiro atoms. The molecule has 404 valence electrons. The lowest BCUT2D eigenvalue weighted by Gasteiger charge is -2.38. The molecule has 2 aromatic carbocycles. The van der Waals surface area contributed by atoms with Crippen molar-refractivity contribution in [3.8, 4) is 23.0 Å². The van der Waals surface area contributed by atoms with Crippen LogP contribution < -0.4 is 31.8 Å². The van der Waals surface area contributed by atoms with Crippen molar-refractivity contribution in [3.05, 3.63) is 74.4 Å². The second kappa shape index (κ2) is 21.9.